The van der Waals surface area contributed by atoms with E-state index in [2.05, 4.69) is 15.9 Å². The molecule has 0 amide bonds. The number of carbonyl (C=O) groups excluding carboxylic acids is 1. The summed E-state index contributed by atoms with van der Waals surface area (Å²) < 4.78 is 11.0. The molecule has 6 heteroatoms. The van der Waals surface area contributed by atoms with Gasteiger partial charge in [0.05, 0.1) is 6.61 Å². The molecule has 0 saturated heterocycles. The number of esters is 1. The van der Waals surface area contributed by atoms with Crippen molar-refractivity contribution in [3.05, 3.63) is 28.2 Å². The van der Waals surface area contributed by atoms with E-state index in [0.29, 0.717) is 22.4 Å². The zero-order valence-electron chi connectivity index (χ0n) is 10.5. The Labute approximate surface area is 119 Å². The van der Waals surface area contributed by atoms with Gasteiger partial charge >= 0.3 is 11.9 Å². The highest BCUT2D eigenvalue weighted by Crippen LogP contribution is 2.34. The molecule has 0 fully saturated rings. The van der Waals surface area contributed by atoms with Gasteiger partial charge in [0.25, 0.3) is 0 Å². The molecule has 1 aromatic rings. The van der Waals surface area contributed by atoms with Gasteiger partial charge in [-0.25, -0.2) is 4.79 Å². The van der Waals surface area contributed by atoms with Crippen molar-refractivity contribution in [1.82, 2.24) is 0 Å². The van der Waals surface area contributed by atoms with Crippen molar-refractivity contribution in [2.45, 2.75) is 13.8 Å². The molecule has 0 spiro atoms. The highest BCUT2D eigenvalue weighted by Gasteiger charge is 2.11. The van der Waals surface area contributed by atoms with Gasteiger partial charge in [-0.05, 0) is 30.7 Å². The largest absolute Gasteiger partial charge is 0.490 e. The second-order valence-corrected chi connectivity index (χ2v) is 4.37. The predicted octanol–water partition coefficient (Wildman–Crippen LogP) is 2.87. The number of benzene rings is 1. The van der Waals surface area contributed by atoms with E-state index in [-0.39, 0.29) is 5.75 Å². The molecule has 0 aliphatic carbocycles. The normalized spacial score (nSPS) is 10.5. The van der Waals surface area contributed by atoms with E-state index in [1.807, 2.05) is 0 Å². The van der Waals surface area contributed by atoms with Gasteiger partial charge in [-0.2, -0.15) is 0 Å². The molecular formula is C13H13BrO5. The van der Waals surface area contributed by atoms with Crippen molar-refractivity contribution >= 4 is 33.9 Å². The number of carbonyl (C=O) groups is 2. The Morgan fingerprint density at radius 3 is 2.58 bits per heavy atom. The van der Waals surface area contributed by atoms with Crippen LogP contribution in [0.4, 0.5) is 0 Å². The van der Waals surface area contributed by atoms with Gasteiger partial charge in [0.15, 0.2) is 11.5 Å². The molecule has 102 valence electrons. The van der Waals surface area contributed by atoms with Crippen LogP contribution in [0.1, 0.15) is 19.4 Å². The first kappa shape index (κ1) is 15.2. The number of carboxylic acids is 1. The third kappa shape index (κ3) is 4.75. The lowest BCUT2D eigenvalue weighted by atomic mass is 10.2. The van der Waals surface area contributed by atoms with Crippen molar-refractivity contribution in [2.75, 3.05) is 6.61 Å². The van der Waals surface area contributed by atoms with E-state index in [4.69, 9.17) is 14.6 Å². The molecule has 0 saturated carbocycles. The molecule has 0 atom stereocenters. The van der Waals surface area contributed by atoms with E-state index in [9.17, 15) is 9.59 Å². The fourth-order valence-corrected chi connectivity index (χ4v) is 1.80. The molecule has 1 aromatic carbocycles. The zero-order chi connectivity index (χ0) is 14.4. The van der Waals surface area contributed by atoms with Crippen LogP contribution in [-0.4, -0.2) is 23.7 Å². The predicted molar refractivity (Wildman–Crippen MR) is 73.3 cm³/mol. The van der Waals surface area contributed by atoms with Crippen molar-refractivity contribution in [3.63, 3.8) is 0 Å². The number of ether oxygens (including phenoxy) is 2. The standard InChI is InChI=1S/C13H13BrO5/c1-3-18-11-6-9(4-5-13(16)17)10(14)7-12(11)19-8(2)15/h4-7H,3H2,1-2H3,(H,16,17)/b5-4+. The second kappa shape index (κ2) is 6.94. The van der Waals surface area contributed by atoms with Crippen LogP contribution < -0.4 is 9.47 Å². The maximum Gasteiger partial charge on any atom is 0.328 e. The topological polar surface area (TPSA) is 72.8 Å². The Kier molecular flexibility index (Phi) is 5.57. The molecule has 5 nitrogen and oxygen atoms in total. The van der Waals surface area contributed by atoms with Gasteiger partial charge in [-0.1, -0.05) is 15.9 Å². The Morgan fingerprint density at radius 1 is 1.37 bits per heavy atom. The van der Waals surface area contributed by atoms with Crippen molar-refractivity contribution in [1.29, 1.82) is 0 Å². The molecule has 0 unspecified atom stereocenters. The number of carboxylic acid groups (broad SMARTS) is 1. The zero-order valence-corrected chi connectivity index (χ0v) is 12.1. The molecule has 0 aliphatic heterocycles. The van der Waals surface area contributed by atoms with E-state index < -0.39 is 11.9 Å². The molecule has 0 radical (unpaired) electrons. The highest BCUT2D eigenvalue weighted by atomic mass is 79.9. The lowest BCUT2D eigenvalue weighted by molar-refractivity contribution is -0.132. The van der Waals surface area contributed by atoms with Crippen LogP contribution in [0, 0.1) is 0 Å². The molecule has 0 bridgehead atoms. The van der Waals surface area contributed by atoms with Gasteiger partial charge in [-0.3, -0.25) is 4.79 Å². The van der Waals surface area contributed by atoms with Crippen molar-refractivity contribution < 1.29 is 24.2 Å². The average Bonchev–Trinajstić information content (AvgIpc) is 2.30. The minimum atomic E-state index is -1.05. The monoisotopic (exact) mass is 328 g/mol. The van der Waals surface area contributed by atoms with Crippen LogP contribution in [-0.2, 0) is 9.59 Å². The summed E-state index contributed by atoms with van der Waals surface area (Å²) in [6.45, 7) is 3.49. The summed E-state index contributed by atoms with van der Waals surface area (Å²) in [6.07, 6.45) is 2.44. The number of aliphatic carboxylic acids is 1. The molecule has 0 aliphatic rings. The van der Waals surface area contributed by atoms with Crippen molar-refractivity contribution in [3.8, 4) is 11.5 Å². The fourth-order valence-electron chi connectivity index (χ4n) is 1.34. The Morgan fingerprint density at radius 2 is 2.05 bits per heavy atom. The van der Waals surface area contributed by atoms with Crippen LogP contribution in [0.5, 0.6) is 11.5 Å². The minimum Gasteiger partial charge on any atom is -0.490 e. The molecule has 0 aromatic heterocycles. The molecular weight excluding hydrogens is 316 g/mol. The molecule has 1 N–H and O–H groups in total. The summed E-state index contributed by atoms with van der Waals surface area (Å²) in [5.41, 5.74) is 0.613. The quantitative estimate of drug-likeness (QED) is 0.511. The molecule has 0 heterocycles. The van der Waals surface area contributed by atoms with Gasteiger partial charge in [0.2, 0.25) is 0 Å². The van der Waals surface area contributed by atoms with Crippen molar-refractivity contribution in [2.24, 2.45) is 0 Å². The first-order chi connectivity index (χ1) is 8.93. The lowest BCUT2D eigenvalue weighted by Gasteiger charge is -2.11. The smallest absolute Gasteiger partial charge is 0.328 e. The Hall–Kier alpha value is -1.82. The number of hydrogen-bond donors (Lipinski definition) is 1. The van der Waals surface area contributed by atoms with E-state index >= 15 is 0 Å². The maximum atomic E-state index is 11.0. The Balaban J connectivity index is 3.19. The molecule has 1 rings (SSSR count). The number of rotatable bonds is 5. The molecule has 19 heavy (non-hydrogen) atoms. The third-order valence-corrected chi connectivity index (χ3v) is 2.71. The maximum absolute atomic E-state index is 11.0. The van der Waals surface area contributed by atoms with Crippen LogP contribution in [0.25, 0.3) is 6.08 Å². The first-order valence-corrected chi connectivity index (χ1v) is 6.29. The van der Waals surface area contributed by atoms with Crippen LogP contribution in [0.2, 0.25) is 0 Å². The Bertz CT molecular complexity index is 522. The second-order valence-electron chi connectivity index (χ2n) is 3.52. The SMILES string of the molecule is CCOc1cc(/C=C/C(=O)O)c(Br)cc1OC(C)=O. The summed E-state index contributed by atoms with van der Waals surface area (Å²) in [5.74, 6) is -0.838. The summed E-state index contributed by atoms with van der Waals surface area (Å²) >= 11 is 3.28. The fraction of sp³-hybridized carbons (Fsp3) is 0.231. The van der Waals surface area contributed by atoms with Crippen LogP contribution in [0.15, 0.2) is 22.7 Å². The van der Waals surface area contributed by atoms with Crippen LogP contribution in [0.3, 0.4) is 0 Å². The summed E-state index contributed by atoms with van der Waals surface area (Å²) in [7, 11) is 0. The van der Waals surface area contributed by atoms with E-state index in [0.717, 1.165) is 6.08 Å². The minimum absolute atomic E-state index is 0.286. The van der Waals surface area contributed by atoms with Gasteiger partial charge in [0, 0.05) is 17.5 Å². The average molecular weight is 329 g/mol. The number of halogens is 1. The van der Waals surface area contributed by atoms with Gasteiger partial charge in [-0.15, -0.1) is 0 Å². The van der Waals surface area contributed by atoms with Gasteiger partial charge < -0.3 is 14.6 Å². The summed E-state index contributed by atoms with van der Waals surface area (Å²) in [5, 5.41) is 8.61. The van der Waals surface area contributed by atoms with Gasteiger partial charge in [0.1, 0.15) is 0 Å². The highest BCUT2D eigenvalue weighted by molar-refractivity contribution is 9.10. The van der Waals surface area contributed by atoms with E-state index in [1.165, 1.54) is 13.0 Å². The lowest BCUT2D eigenvalue weighted by Crippen LogP contribution is -2.04. The summed E-state index contributed by atoms with van der Waals surface area (Å²) in [6, 6.07) is 3.17. The van der Waals surface area contributed by atoms with E-state index in [1.54, 1.807) is 19.1 Å². The number of hydrogen-bond acceptors (Lipinski definition) is 4. The van der Waals surface area contributed by atoms with Crippen LogP contribution >= 0.6 is 15.9 Å². The first-order valence-electron chi connectivity index (χ1n) is 5.49. The third-order valence-electron chi connectivity index (χ3n) is 2.02. The summed E-state index contributed by atoms with van der Waals surface area (Å²) in [4.78, 5) is 21.5.